The van der Waals surface area contributed by atoms with Gasteiger partial charge in [0.1, 0.15) is 0 Å². The Balaban J connectivity index is 0.000000260. The molecular weight excluding hydrogens is 751 g/mol. The molecule has 7 aromatic rings. The van der Waals surface area contributed by atoms with Gasteiger partial charge < -0.3 is 9.97 Å². The van der Waals surface area contributed by atoms with Gasteiger partial charge in [-0.05, 0) is 65.5 Å². The number of rotatable bonds is 4. The fourth-order valence-electron chi connectivity index (χ4n) is 5.45. The second-order valence-electron chi connectivity index (χ2n) is 12.6. The Labute approximate surface area is 292 Å². The monoisotopic (exact) mass is 788 g/mol. The van der Waals surface area contributed by atoms with Gasteiger partial charge in [0.2, 0.25) is 0 Å². The van der Waals surface area contributed by atoms with Gasteiger partial charge in [-0.2, -0.15) is 0 Å². The van der Waals surface area contributed by atoms with Gasteiger partial charge in [-0.1, -0.05) is 86.5 Å². The van der Waals surface area contributed by atoms with Crippen LogP contribution in [0.25, 0.3) is 55.7 Å². The first-order valence-corrected chi connectivity index (χ1v) is 15.6. The van der Waals surface area contributed by atoms with E-state index in [-0.39, 0.29) is 25.5 Å². The van der Waals surface area contributed by atoms with Crippen molar-refractivity contribution in [2.45, 2.75) is 40.0 Å². The van der Waals surface area contributed by atoms with Crippen molar-refractivity contribution in [1.29, 1.82) is 0 Å². The first-order chi connectivity index (χ1) is 22.3. The van der Waals surface area contributed by atoms with E-state index in [4.69, 9.17) is 4.98 Å². The topological polar surface area (TPSA) is 38.7 Å². The Morgan fingerprint density at radius 1 is 0.532 bits per heavy atom. The van der Waals surface area contributed by atoms with Crippen molar-refractivity contribution >= 4 is 10.9 Å². The number of hydrogen-bond acceptors (Lipinski definition) is 3. The minimum atomic E-state index is 0. The van der Waals surface area contributed by atoms with Crippen molar-refractivity contribution < 1.29 is 20.1 Å². The minimum Gasteiger partial charge on any atom is -0.305 e. The van der Waals surface area contributed by atoms with Gasteiger partial charge in [0.25, 0.3) is 0 Å². The average Bonchev–Trinajstić information content (AvgIpc) is 3.09. The normalized spacial score (nSPS) is 10.9. The van der Waals surface area contributed by atoms with Crippen molar-refractivity contribution in [1.82, 2.24) is 15.0 Å². The van der Waals surface area contributed by atoms with Crippen LogP contribution in [0.5, 0.6) is 0 Å². The SMILES string of the molecule is Cc1ccc(-c2ccc(-c3cc[c-]c(-c4cc(C(C)(C)C)ccn4)c3)c3cccnc23)cc1.Cc1ccnc(-c2[c-]cccc2)c1.[Ir]. The van der Waals surface area contributed by atoms with E-state index >= 15 is 0 Å². The molecule has 4 heteroatoms. The standard InChI is InChI=1S/C31H27N2.C12H10N.Ir/c1-21-10-12-22(13-11-21)27-15-14-26(28-9-6-17-33-30(27)28)23-7-5-8-24(19-23)29-20-25(16-18-32-29)31(2,3)4;1-10-7-8-13-12(9-10)11-5-3-2-4-6-11;/h5-7,9-20H,1-4H3;2-5,7-9H,1H3;/q2*-1;. The summed E-state index contributed by atoms with van der Waals surface area (Å²) in [6, 6.07) is 46.2. The Kier molecular flexibility index (Phi) is 10.6. The van der Waals surface area contributed by atoms with Gasteiger partial charge >= 0.3 is 0 Å². The molecule has 0 aliphatic heterocycles. The molecule has 0 saturated carbocycles. The van der Waals surface area contributed by atoms with E-state index in [1.54, 1.807) is 0 Å². The Hall–Kier alpha value is -4.76. The maximum Gasteiger partial charge on any atom is 0.0785 e. The average molecular weight is 788 g/mol. The summed E-state index contributed by atoms with van der Waals surface area (Å²) >= 11 is 0. The quantitative estimate of drug-likeness (QED) is 0.167. The summed E-state index contributed by atoms with van der Waals surface area (Å²) in [7, 11) is 0. The van der Waals surface area contributed by atoms with E-state index in [1.807, 2.05) is 61.1 Å². The molecule has 0 bridgehead atoms. The van der Waals surface area contributed by atoms with Crippen molar-refractivity contribution in [3.63, 3.8) is 0 Å². The third kappa shape index (κ3) is 7.97. The van der Waals surface area contributed by atoms with Crippen LogP contribution in [0.15, 0.2) is 134 Å². The van der Waals surface area contributed by atoms with E-state index in [0.29, 0.717) is 0 Å². The molecule has 3 heterocycles. The van der Waals surface area contributed by atoms with Crippen molar-refractivity contribution in [3.05, 3.63) is 163 Å². The molecule has 1 radical (unpaired) electrons. The number of hydrogen-bond donors (Lipinski definition) is 0. The van der Waals surface area contributed by atoms with Crippen LogP contribution in [-0.4, -0.2) is 15.0 Å². The van der Waals surface area contributed by atoms with Crippen LogP contribution >= 0.6 is 0 Å². The van der Waals surface area contributed by atoms with Crippen LogP contribution < -0.4 is 0 Å². The third-order valence-corrected chi connectivity index (χ3v) is 8.05. The molecule has 0 fully saturated rings. The Bertz CT molecular complexity index is 2100. The second-order valence-corrected chi connectivity index (χ2v) is 12.6. The van der Waals surface area contributed by atoms with Crippen LogP contribution in [0.2, 0.25) is 0 Å². The zero-order chi connectivity index (χ0) is 32.1. The molecule has 0 aliphatic rings. The Morgan fingerprint density at radius 3 is 1.98 bits per heavy atom. The number of fused-ring (bicyclic) bond motifs is 1. The zero-order valence-electron chi connectivity index (χ0n) is 27.4. The molecule has 0 spiro atoms. The van der Waals surface area contributed by atoms with Gasteiger partial charge in [0.05, 0.1) is 5.52 Å². The minimum absolute atomic E-state index is 0. The summed E-state index contributed by atoms with van der Waals surface area (Å²) in [5.74, 6) is 0. The summed E-state index contributed by atoms with van der Waals surface area (Å²) in [6.45, 7) is 10.8. The maximum absolute atomic E-state index is 4.77. The largest absolute Gasteiger partial charge is 0.305 e. The van der Waals surface area contributed by atoms with Crippen LogP contribution in [0.3, 0.4) is 0 Å². The first-order valence-electron chi connectivity index (χ1n) is 15.6. The van der Waals surface area contributed by atoms with Crippen LogP contribution in [0, 0.1) is 26.0 Å². The molecule has 0 saturated heterocycles. The summed E-state index contributed by atoms with van der Waals surface area (Å²) < 4.78 is 0. The summed E-state index contributed by atoms with van der Waals surface area (Å²) in [6.07, 6.45) is 5.59. The van der Waals surface area contributed by atoms with Crippen LogP contribution in [0.4, 0.5) is 0 Å². The van der Waals surface area contributed by atoms with E-state index in [2.05, 4.69) is 130 Å². The summed E-state index contributed by atoms with van der Waals surface area (Å²) in [4.78, 5) is 13.7. The van der Waals surface area contributed by atoms with E-state index < -0.39 is 0 Å². The maximum atomic E-state index is 4.77. The number of nitrogens with zero attached hydrogens (tertiary/aromatic N) is 3. The molecule has 3 nitrogen and oxygen atoms in total. The van der Waals surface area contributed by atoms with E-state index in [1.165, 1.54) is 22.3 Å². The molecule has 235 valence electrons. The predicted octanol–water partition coefficient (Wildman–Crippen LogP) is 10.9. The fourth-order valence-corrected chi connectivity index (χ4v) is 5.45. The van der Waals surface area contributed by atoms with Crippen LogP contribution in [-0.2, 0) is 25.5 Å². The van der Waals surface area contributed by atoms with Gasteiger partial charge in [-0.25, -0.2) is 0 Å². The second kappa shape index (κ2) is 14.8. The molecule has 47 heavy (non-hydrogen) atoms. The van der Waals surface area contributed by atoms with Crippen molar-refractivity contribution in [3.8, 4) is 44.8 Å². The van der Waals surface area contributed by atoms with Crippen molar-refractivity contribution in [2.75, 3.05) is 0 Å². The van der Waals surface area contributed by atoms with Gasteiger partial charge in [-0.3, -0.25) is 4.98 Å². The molecule has 4 aromatic carbocycles. The first kappa shape index (κ1) is 33.6. The third-order valence-electron chi connectivity index (χ3n) is 8.05. The Morgan fingerprint density at radius 2 is 1.26 bits per heavy atom. The molecule has 0 aliphatic carbocycles. The molecule has 3 aromatic heterocycles. The van der Waals surface area contributed by atoms with Gasteiger partial charge in [0, 0.05) is 49.6 Å². The summed E-state index contributed by atoms with van der Waals surface area (Å²) in [5.41, 5.74) is 13.4. The fraction of sp³-hybridized carbons (Fsp3) is 0.140. The molecule has 0 N–H and O–H groups in total. The molecule has 0 atom stereocenters. The number of benzene rings is 4. The zero-order valence-corrected chi connectivity index (χ0v) is 29.8. The van der Waals surface area contributed by atoms with Crippen molar-refractivity contribution in [2.24, 2.45) is 0 Å². The van der Waals surface area contributed by atoms with Gasteiger partial charge in [-0.15, -0.1) is 71.3 Å². The number of aryl methyl sites for hydroxylation is 2. The molecule has 0 unspecified atom stereocenters. The molecular formula is C43H37IrN3-2. The number of pyridine rings is 3. The van der Waals surface area contributed by atoms with Crippen LogP contribution in [0.1, 0.15) is 37.5 Å². The smallest absolute Gasteiger partial charge is 0.0785 e. The van der Waals surface area contributed by atoms with E-state index in [0.717, 1.165) is 50.1 Å². The van der Waals surface area contributed by atoms with Gasteiger partial charge in [0.15, 0.2) is 0 Å². The van der Waals surface area contributed by atoms with E-state index in [9.17, 15) is 0 Å². The molecule has 0 amide bonds. The molecule has 7 rings (SSSR count). The number of aromatic nitrogens is 3. The summed E-state index contributed by atoms with van der Waals surface area (Å²) in [5, 5.41) is 1.14. The predicted molar refractivity (Wildman–Crippen MR) is 191 cm³/mol.